The fraction of sp³-hybridized carbons (Fsp3) is 0. The van der Waals surface area contributed by atoms with Crippen molar-refractivity contribution in [1.82, 2.24) is 0 Å². The summed E-state index contributed by atoms with van der Waals surface area (Å²) in [6.07, 6.45) is 0. The van der Waals surface area contributed by atoms with Crippen LogP contribution >= 0.6 is 0 Å². The van der Waals surface area contributed by atoms with E-state index >= 15 is 0 Å². The Morgan fingerprint density at radius 1 is 0.365 bits per heavy atom. The van der Waals surface area contributed by atoms with Crippen LogP contribution < -0.4 is 39.6 Å². The van der Waals surface area contributed by atoms with Crippen molar-refractivity contribution in [3.63, 3.8) is 0 Å². The molecule has 4 heterocycles. The van der Waals surface area contributed by atoms with Gasteiger partial charge in [-0.2, -0.15) is 0 Å². The molecule has 0 fully saturated rings. The van der Waals surface area contributed by atoms with Gasteiger partial charge in [-0.15, -0.1) is 0 Å². The van der Waals surface area contributed by atoms with Crippen LogP contribution in [0, 0.1) is 0 Å². The molecular formula is C56H33BN2O4. The lowest BCUT2D eigenvalue weighted by Crippen LogP contribution is -2.61. The molecule has 0 spiro atoms. The Hall–Kier alpha value is -8.42. The first-order valence-corrected chi connectivity index (χ1v) is 21.3. The molecule has 6 nitrogen and oxygen atoms in total. The number of anilines is 5. The van der Waals surface area contributed by atoms with Crippen LogP contribution in [-0.4, -0.2) is 6.85 Å². The maximum absolute atomic E-state index is 6.74. The van der Waals surface area contributed by atoms with Gasteiger partial charge in [-0.25, -0.2) is 0 Å². The Labute approximate surface area is 363 Å². The van der Waals surface area contributed by atoms with Crippen LogP contribution in [0.3, 0.4) is 0 Å². The van der Waals surface area contributed by atoms with Gasteiger partial charge in [0.25, 0.3) is 0 Å². The van der Waals surface area contributed by atoms with Crippen LogP contribution in [0.15, 0.2) is 200 Å². The van der Waals surface area contributed by atoms with Crippen LogP contribution in [0.25, 0.3) is 43.8 Å². The summed E-state index contributed by atoms with van der Waals surface area (Å²) in [6, 6.07) is 70.3. The van der Waals surface area contributed by atoms with Gasteiger partial charge in [0, 0.05) is 45.8 Å². The molecule has 0 atom stereocenters. The van der Waals surface area contributed by atoms with Crippen molar-refractivity contribution in [3.8, 4) is 68.2 Å². The van der Waals surface area contributed by atoms with Crippen LogP contribution in [0.5, 0.6) is 46.0 Å². The lowest BCUT2D eigenvalue weighted by Gasteiger charge is -2.46. The summed E-state index contributed by atoms with van der Waals surface area (Å²) in [6.45, 7) is -0.276. The quantitative estimate of drug-likeness (QED) is 0.166. The van der Waals surface area contributed by atoms with Gasteiger partial charge in [0.2, 0.25) is 0 Å². The van der Waals surface area contributed by atoms with Gasteiger partial charge in [0.15, 0.2) is 46.0 Å². The standard InChI is InChI=1S/C56H33BN2O4/c1-2-12-34(13-3-1)35-22-25-38(26-23-35)59-56-41-17-7-4-14-36(41)24-28-42(56)54-40-16-6-5-15-37(40)30-45-55(54)57(59)43-32-52-53(63-49-21-11-10-20-48(49)62-52)33-44(43)58(45)39-27-29-50-51(31-39)61-47-19-9-8-18-46(47)60-50/h1-33H. The predicted octanol–water partition coefficient (Wildman–Crippen LogP) is 14.2. The first-order valence-electron chi connectivity index (χ1n) is 21.3. The zero-order valence-corrected chi connectivity index (χ0v) is 33.7. The van der Waals surface area contributed by atoms with E-state index < -0.39 is 0 Å². The molecular weight excluding hydrogens is 775 g/mol. The van der Waals surface area contributed by atoms with E-state index in [1.807, 2.05) is 54.6 Å². The average molecular weight is 809 g/mol. The van der Waals surface area contributed by atoms with Crippen molar-refractivity contribution >= 4 is 67.8 Å². The molecule has 0 amide bonds. The minimum Gasteiger partial charge on any atom is -0.450 e. The van der Waals surface area contributed by atoms with Crippen molar-refractivity contribution in [2.24, 2.45) is 0 Å². The second kappa shape index (κ2) is 13.0. The Kier molecular flexibility index (Phi) is 7.10. The van der Waals surface area contributed by atoms with E-state index in [2.05, 4.69) is 155 Å². The topological polar surface area (TPSA) is 43.4 Å². The first kappa shape index (κ1) is 34.3. The zero-order valence-electron chi connectivity index (χ0n) is 33.7. The second-order valence-electron chi connectivity index (χ2n) is 16.4. The molecule has 10 aromatic rings. The van der Waals surface area contributed by atoms with E-state index in [-0.39, 0.29) is 6.85 Å². The molecule has 0 saturated carbocycles. The molecule has 63 heavy (non-hydrogen) atoms. The van der Waals surface area contributed by atoms with E-state index in [1.54, 1.807) is 0 Å². The maximum atomic E-state index is 6.74. The van der Waals surface area contributed by atoms with Gasteiger partial charge in [0.1, 0.15) is 0 Å². The Balaban J connectivity index is 1.08. The third-order valence-electron chi connectivity index (χ3n) is 12.9. The van der Waals surface area contributed by atoms with Crippen LogP contribution in [0.4, 0.5) is 28.4 Å². The number of nitrogens with zero attached hydrogens (tertiary/aromatic N) is 2. The van der Waals surface area contributed by atoms with Gasteiger partial charge >= 0.3 is 6.85 Å². The number of benzene rings is 10. The Morgan fingerprint density at radius 3 is 1.65 bits per heavy atom. The summed E-state index contributed by atoms with van der Waals surface area (Å²) < 4.78 is 26.4. The number of rotatable bonds is 3. The summed E-state index contributed by atoms with van der Waals surface area (Å²) in [4.78, 5) is 4.93. The molecule has 10 aromatic carbocycles. The molecule has 0 radical (unpaired) electrons. The van der Waals surface area contributed by atoms with Crippen molar-refractivity contribution in [2.75, 3.05) is 9.71 Å². The van der Waals surface area contributed by atoms with E-state index in [1.165, 1.54) is 38.3 Å². The molecule has 0 saturated heterocycles. The van der Waals surface area contributed by atoms with E-state index in [4.69, 9.17) is 18.9 Å². The lowest BCUT2D eigenvalue weighted by atomic mass is 9.43. The number of para-hydroxylation sites is 4. The molecule has 0 unspecified atom stereocenters. The highest BCUT2D eigenvalue weighted by Gasteiger charge is 2.47. The van der Waals surface area contributed by atoms with Crippen molar-refractivity contribution in [3.05, 3.63) is 200 Å². The first-order chi connectivity index (χ1) is 31.2. The highest BCUT2D eigenvalue weighted by molar-refractivity contribution is 6.94. The smallest absolute Gasteiger partial charge is 0.333 e. The fourth-order valence-electron chi connectivity index (χ4n) is 10.1. The molecule has 4 aliphatic heterocycles. The summed E-state index contributed by atoms with van der Waals surface area (Å²) in [5.41, 5.74) is 12.2. The van der Waals surface area contributed by atoms with Crippen LogP contribution in [0.2, 0.25) is 0 Å². The fourth-order valence-corrected chi connectivity index (χ4v) is 10.1. The molecule has 0 aromatic heterocycles. The summed E-state index contributed by atoms with van der Waals surface area (Å²) in [5.74, 6) is 5.36. The van der Waals surface area contributed by atoms with Crippen LogP contribution in [-0.2, 0) is 0 Å². The van der Waals surface area contributed by atoms with Crippen molar-refractivity contribution in [1.29, 1.82) is 0 Å². The molecule has 294 valence electrons. The van der Waals surface area contributed by atoms with Crippen molar-refractivity contribution in [2.45, 2.75) is 0 Å². The Morgan fingerprint density at radius 2 is 0.921 bits per heavy atom. The van der Waals surface area contributed by atoms with Gasteiger partial charge < -0.3 is 28.7 Å². The van der Waals surface area contributed by atoms with Gasteiger partial charge in [-0.05, 0) is 104 Å². The average Bonchev–Trinajstić information content (AvgIpc) is 3.34. The van der Waals surface area contributed by atoms with E-state index in [0.717, 1.165) is 44.8 Å². The molecule has 0 bridgehead atoms. The molecule has 7 heteroatoms. The number of ether oxygens (including phenoxy) is 4. The minimum atomic E-state index is -0.276. The zero-order chi connectivity index (χ0) is 41.2. The highest BCUT2D eigenvalue weighted by atomic mass is 16.6. The largest absolute Gasteiger partial charge is 0.450 e. The highest BCUT2D eigenvalue weighted by Crippen LogP contribution is 2.55. The van der Waals surface area contributed by atoms with Crippen molar-refractivity contribution < 1.29 is 18.9 Å². The monoisotopic (exact) mass is 808 g/mol. The Bertz CT molecular complexity index is 3550. The normalized spacial score (nSPS) is 13.5. The SMILES string of the molecule is c1ccc(-c2ccc(N3B4c5cc6c(cc5N(c5ccc7c(c5)Oc5ccccc5O7)c5cc7ccccc7c(c54)-c4ccc5ccccc5c43)Oc3ccccc3O6)cc2)cc1. The lowest BCUT2D eigenvalue weighted by molar-refractivity contribution is 0.359. The molecule has 14 rings (SSSR count). The van der Waals surface area contributed by atoms with Gasteiger partial charge in [-0.3, -0.25) is 0 Å². The maximum Gasteiger partial charge on any atom is 0.333 e. The molecule has 0 N–H and O–H groups in total. The third-order valence-corrected chi connectivity index (χ3v) is 12.9. The number of hydrogen-bond acceptors (Lipinski definition) is 6. The van der Waals surface area contributed by atoms with E-state index in [0.29, 0.717) is 46.0 Å². The summed E-state index contributed by atoms with van der Waals surface area (Å²) in [5, 5.41) is 4.71. The number of hydrogen-bond donors (Lipinski definition) is 0. The molecule has 0 aliphatic carbocycles. The van der Waals surface area contributed by atoms with Crippen LogP contribution in [0.1, 0.15) is 0 Å². The van der Waals surface area contributed by atoms with Gasteiger partial charge in [0.05, 0.1) is 5.69 Å². The summed E-state index contributed by atoms with van der Waals surface area (Å²) in [7, 11) is 0. The third kappa shape index (κ3) is 5.08. The van der Waals surface area contributed by atoms with E-state index in [9.17, 15) is 0 Å². The second-order valence-corrected chi connectivity index (χ2v) is 16.4. The minimum absolute atomic E-state index is 0.276. The number of fused-ring (bicyclic) bond motifs is 12. The van der Waals surface area contributed by atoms with Gasteiger partial charge in [-0.1, -0.05) is 127 Å². The molecule has 4 aliphatic rings. The predicted molar refractivity (Wildman–Crippen MR) is 254 cm³/mol. The summed E-state index contributed by atoms with van der Waals surface area (Å²) >= 11 is 0.